The fraction of sp³-hybridized carbons (Fsp3) is 0.300. The topological polar surface area (TPSA) is 21.7 Å². The van der Waals surface area contributed by atoms with Crippen LogP contribution < -0.4 is 19.9 Å². The summed E-state index contributed by atoms with van der Waals surface area (Å²) in [5.74, 6) is 6.55. The molecule has 0 atom stereocenters. The summed E-state index contributed by atoms with van der Waals surface area (Å²) < 4.78 is 13.9. The van der Waals surface area contributed by atoms with Crippen LogP contribution in [0, 0.1) is 10.4 Å². The number of fused-ring (bicyclic) bond motifs is 2. The van der Waals surface area contributed by atoms with E-state index in [9.17, 15) is 0 Å². The molecule has 4 heteroatoms. The van der Waals surface area contributed by atoms with Crippen LogP contribution in [0.1, 0.15) is 13.8 Å². The third-order valence-corrected chi connectivity index (χ3v) is 6.71. The number of methoxy groups -OCH3 is 2. The van der Waals surface area contributed by atoms with Gasteiger partial charge >= 0.3 is 0 Å². The molecule has 1 aliphatic heterocycles. The van der Waals surface area contributed by atoms with Crippen molar-refractivity contribution in [2.45, 2.75) is 13.8 Å². The Balaban J connectivity index is 2.53. The Morgan fingerprint density at radius 3 is 1.62 bits per heavy atom. The number of hydrogen-bond donors (Lipinski definition) is 0. The van der Waals surface area contributed by atoms with Gasteiger partial charge in [0.05, 0.1) is 14.2 Å². The zero-order chi connectivity index (χ0) is 17.1. The molecule has 0 saturated heterocycles. The zero-order valence-corrected chi connectivity index (χ0v) is 15.6. The molecule has 0 saturated carbocycles. The van der Waals surface area contributed by atoms with E-state index in [0.717, 1.165) is 35.0 Å². The van der Waals surface area contributed by atoms with Gasteiger partial charge in [0.15, 0.2) is 0 Å². The molecular formula is C20H24NO2P. The molecule has 1 heterocycles. The first-order valence-electron chi connectivity index (χ1n) is 8.30. The van der Waals surface area contributed by atoms with Crippen molar-refractivity contribution in [2.75, 3.05) is 27.3 Å². The van der Waals surface area contributed by atoms with Gasteiger partial charge in [-0.2, -0.15) is 0 Å². The molecule has 0 amide bonds. The molecule has 0 unspecified atom stereocenters. The van der Waals surface area contributed by atoms with Crippen molar-refractivity contribution >= 4 is 19.7 Å². The molecule has 0 aromatic heterocycles. The van der Waals surface area contributed by atoms with Gasteiger partial charge in [-0.15, -0.1) is 0 Å². The van der Waals surface area contributed by atoms with Gasteiger partial charge in [-0.3, -0.25) is 4.67 Å². The lowest BCUT2D eigenvalue weighted by molar-refractivity contribution is 0.404. The SMILES string of the molecule is CCN(CC)P1C=c2cccc(OC)c2=c2c(OC)cccc2=C1. The van der Waals surface area contributed by atoms with Crippen LogP contribution in [0.25, 0.3) is 11.6 Å². The monoisotopic (exact) mass is 341 g/mol. The number of hydrogen-bond acceptors (Lipinski definition) is 3. The van der Waals surface area contributed by atoms with Crippen LogP contribution in [-0.2, 0) is 0 Å². The summed E-state index contributed by atoms with van der Waals surface area (Å²) in [6.45, 7) is 6.51. The summed E-state index contributed by atoms with van der Waals surface area (Å²) in [6, 6.07) is 12.5. The van der Waals surface area contributed by atoms with E-state index < -0.39 is 8.07 Å². The maximum absolute atomic E-state index is 5.68. The van der Waals surface area contributed by atoms with Gasteiger partial charge in [0.1, 0.15) is 11.5 Å². The number of rotatable bonds is 5. The lowest BCUT2D eigenvalue weighted by Crippen LogP contribution is -2.16. The van der Waals surface area contributed by atoms with Crippen LogP contribution in [0.15, 0.2) is 36.4 Å². The highest BCUT2D eigenvalue weighted by molar-refractivity contribution is 7.71. The van der Waals surface area contributed by atoms with Gasteiger partial charge < -0.3 is 9.47 Å². The standard InChI is InChI=1S/C20H24NO2P/c1-5-21(6-2)24-13-15-9-7-11-17(22-3)19(15)20-16(14-24)10-8-12-18(20)23-4/h7-14H,5-6H2,1-4H3. The molecule has 0 fully saturated rings. The van der Waals surface area contributed by atoms with E-state index in [0.29, 0.717) is 0 Å². The van der Waals surface area contributed by atoms with E-state index >= 15 is 0 Å². The average molecular weight is 341 g/mol. The highest BCUT2D eigenvalue weighted by atomic mass is 31.1. The van der Waals surface area contributed by atoms with E-state index in [1.54, 1.807) is 14.2 Å². The average Bonchev–Trinajstić information content (AvgIpc) is 2.79. The van der Waals surface area contributed by atoms with E-state index in [-0.39, 0.29) is 0 Å². The Hall–Kier alpha value is -1.83. The van der Waals surface area contributed by atoms with Crippen molar-refractivity contribution in [1.82, 2.24) is 4.67 Å². The molecule has 0 spiro atoms. The maximum Gasteiger partial charge on any atom is 0.127 e. The van der Waals surface area contributed by atoms with Crippen molar-refractivity contribution in [3.63, 3.8) is 0 Å². The summed E-state index contributed by atoms with van der Waals surface area (Å²) in [4.78, 5) is 0. The Bertz CT molecular complexity index is 864. The van der Waals surface area contributed by atoms with E-state index in [4.69, 9.17) is 9.47 Å². The van der Waals surface area contributed by atoms with Crippen molar-refractivity contribution in [3.05, 3.63) is 57.3 Å². The van der Waals surface area contributed by atoms with Crippen molar-refractivity contribution in [2.24, 2.45) is 0 Å². The van der Waals surface area contributed by atoms with Crippen LogP contribution in [0.3, 0.4) is 0 Å². The van der Waals surface area contributed by atoms with Crippen molar-refractivity contribution < 1.29 is 9.47 Å². The highest BCUT2D eigenvalue weighted by Gasteiger charge is 2.14. The van der Waals surface area contributed by atoms with Crippen LogP contribution in [0.2, 0.25) is 0 Å². The van der Waals surface area contributed by atoms with Crippen LogP contribution >= 0.6 is 8.07 Å². The molecule has 0 radical (unpaired) electrons. The Kier molecular flexibility index (Phi) is 5.23. The minimum Gasteiger partial charge on any atom is -0.496 e. The van der Waals surface area contributed by atoms with Crippen molar-refractivity contribution in [3.8, 4) is 11.5 Å². The minimum atomic E-state index is -0.498. The molecule has 2 aromatic carbocycles. The Labute approximate surface area is 144 Å². The molecular weight excluding hydrogens is 317 g/mol. The molecule has 126 valence electrons. The second-order valence-corrected chi connectivity index (χ2v) is 7.47. The zero-order valence-electron chi connectivity index (χ0n) is 14.7. The molecule has 1 aliphatic rings. The van der Waals surface area contributed by atoms with Crippen LogP contribution in [0.4, 0.5) is 0 Å². The van der Waals surface area contributed by atoms with Gasteiger partial charge in [0.2, 0.25) is 0 Å². The first-order chi connectivity index (χ1) is 11.7. The molecule has 2 aromatic rings. The van der Waals surface area contributed by atoms with Gasteiger partial charge in [-0.1, -0.05) is 38.1 Å². The smallest absolute Gasteiger partial charge is 0.127 e. The number of nitrogens with zero attached hydrogens (tertiary/aromatic N) is 1. The van der Waals surface area contributed by atoms with E-state index in [1.807, 2.05) is 12.1 Å². The summed E-state index contributed by atoms with van der Waals surface area (Å²) in [5.41, 5.74) is 0. The quantitative estimate of drug-likeness (QED) is 0.780. The van der Waals surface area contributed by atoms with Gasteiger partial charge in [-0.25, -0.2) is 0 Å². The Morgan fingerprint density at radius 1 is 0.792 bits per heavy atom. The summed E-state index contributed by atoms with van der Waals surface area (Å²) in [5, 5.41) is 4.68. The highest BCUT2D eigenvalue weighted by Crippen LogP contribution is 2.44. The third kappa shape index (κ3) is 2.94. The first-order valence-corrected chi connectivity index (χ1v) is 9.74. The molecule has 3 rings (SSSR count). The maximum atomic E-state index is 5.68. The van der Waals surface area contributed by atoms with E-state index in [2.05, 4.69) is 54.4 Å². The first kappa shape index (κ1) is 17.0. The van der Waals surface area contributed by atoms with Crippen molar-refractivity contribution in [1.29, 1.82) is 0 Å². The summed E-state index contributed by atoms with van der Waals surface area (Å²) >= 11 is 0. The number of ether oxygens (including phenoxy) is 2. The van der Waals surface area contributed by atoms with Gasteiger partial charge in [0, 0.05) is 18.5 Å². The third-order valence-electron chi connectivity index (χ3n) is 4.41. The Morgan fingerprint density at radius 2 is 1.25 bits per heavy atom. The van der Waals surface area contributed by atoms with Crippen LogP contribution in [-0.4, -0.2) is 32.0 Å². The normalized spacial score (nSPS) is 13.4. The van der Waals surface area contributed by atoms with E-state index in [1.165, 1.54) is 10.4 Å². The summed E-state index contributed by atoms with van der Waals surface area (Å²) in [6.07, 6.45) is 0. The summed E-state index contributed by atoms with van der Waals surface area (Å²) in [7, 11) is 2.96. The second-order valence-electron chi connectivity index (χ2n) is 5.63. The lowest BCUT2D eigenvalue weighted by Gasteiger charge is -2.24. The fourth-order valence-electron chi connectivity index (χ4n) is 3.22. The molecule has 0 bridgehead atoms. The molecule has 24 heavy (non-hydrogen) atoms. The molecule has 0 N–H and O–H groups in total. The predicted octanol–water partition coefficient (Wildman–Crippen LogP) is 3.22. The van der Waals surface area contributed by atoms with Gasteiger partial charge in [0.25, 0.3) is 0 Å². The van der Waals surface area contributed by atoms with Crippen LogP contribution in [0.5, 0.6) is 11.5 Å². The number of benzene rings is 2. The second kappa shape index (κ2) is 7.38. The van der Waals surface area contributed by atoms with Gasteiger partial charge in [-0.05, 0) is 47.3 Å². The minimum absolute atomic E-state index is 0.498. The fourth-order valence-corrected chi connectivity index (χ4v) is 5.28. The molecule has 0 aliphatic carbocycles. The lowest BCUT2D eigenvalue weighted by atomic mass is 10.1. The molecule has 3 nitrogen and oxygen atoms in total. The largest absolute Gasteiger partial charge is 0.496 e. The predicted molar refractivity (Wildman–Crippen MR) is 102 cm³/mol.